The number of benzene rings is 4. The maximum absolute atomic E-state index is 6.03. The minimum atomic E-state index is -0.160. The minimum absolute atomic E-state index is 0.139. The van der Waals surface area contributed by atoms with Crippen LogP contribution in [0.3, 0.4) is 0 Å². The highest BCUT2D eigenvalue weighted by Crippen LogP contribution is 2.59. The molecule has 0 aliphatic heterocycles. The monoisotopic (exact) mass is 568 g/mol. The summed E-state index contributed by atoms with van der Waals surface area (Å²) in [4.78, 5) is 0. The summed E-state index contributed by atoms with van der Waals surface area (Å²) in [6, 6.07) is 24.1. The molecule has 7 nitrogen and oxygen atoms in total. The predicted octanol–water partition coefficient (Wildman–Crippen LogP) is 7.22. The quantitative estimate of drug-likeness (QED) is 0.200. The van der Waals surface area contributed by atoms with Gasteiger partial charge in [0.15, 0.2) is 11.5 Å². The van der Waals surface area contributed by atoms with Crippen LogP contribution in [0.2, 0.25) is 0 Å². The van der Waals surface area contributed by atoms with Crippen molar-refractivity contribution in [3.8, 4) is 40.2 Å². The molecule has 1 aliphatic carbocycles. The van der Waals surface area contributed by atoms with Crippen molar-refractivity contribution in [1.82, 2.24) is 0 Å². The van der Waals surface area contributed by atoms with E-state index in [9.17, 15) is 0 Å². The zero-order valence-electron chi connectivity index (χ0n) is 25.0. The van der Waals surface area contributed by atoms with E-state index in [1.54, 1.807) is 49.8 Å². The first-order valence-corrected chi connectivity index (χ1v) is 13.5. The number of methoxy groups -OCH3 is 7. The molecule has 0 bridgehead atoms. The highest BCUT2D eigenvalue weighted by atomic mass is 16.5. The maximum atomic E-state index is 6.03. The third kappa shape index (κ3) is 5.30. The van der Waals surface area contributed by atoms with E-state index in [2.05, 4.69) is 42.5 Å². The Morgan fingerprint density at radius 1 is 0.452 bits per heavy atom. The Balaban J connectivity index is 1.85. The number of rotatable bonds is 10. The second kappa shape index (κ2) is 12.4. The lowest BCUT2D eigenvalue weighted by Crippen LogP contribution is -2.10. The van der Waals surface area contributed by atoms with Crippen molar-refractivity contribution in [3.05, 3.63) is 101 Å². The molecule has 0 radical (unpaired) electrons. The molecule has 4 aromatic rings. The van der Waals surface area contributed by atoms with Crippen LogP contribution in [-0.4, -0.2) is 49.8 Å². The van der Waals surface area contributed by atoms with E-state index in [1.807, 2.05) is 36.4 Å². The van der Waals surface area contributed by atoms with E-state index >= 15 is 0 Å². The van der Waals surface area contributed by atoms with Crippen molar-refractivity contribution in [1.29, 1.82) is 0 Å². The van der Waals surface area contributed by atoms with Gasteiger partial charge in [-0.3, -0.25) is 0 Å². The highest BCUT2D eigenvalue weighted by Gasteiger charge is 2.42. The van der Waals surface area contributed by atoms with Gasteiger partial charge in [0.1, 0.15) is 28.7 Å². The fourth-order valence-electron chi connectivity index (χ4n) is 5.80. The third-order valence-corrected chi connectivity index (χ3v) is 7.80. The summed E-state index contributed by atoms with van der Waals surface area (Å²) >= 11 is 0. The van der Waals surface area contributed by atoms with Crippen LogP contribution in [0.15, 0.2) is 72.8 Å². The summed E-state index contributed by atoms with van der Waals surface area (Å²) in [5.74, 6) is 4.67. The standard InChI is InChI=1S/C35H36O7/c1-36-24-11-8-21(9-12-24)14-28-29-19-27(39-4)20-32(42-7)35(29)34(23-15-25(37-2)18-26(16-23)38-3)33(28)22-10-13-30(40-5)31(17-22)41-6/h8-20,33-34H,1-7H3/t33-,34+/m1/s1. The number of ether oxygens (including phenoxy) is 7. The van der Waals surface area contributed by atoms with Crippen LogP contribution in [0.4, 0.5) is 0 Å². The fourth-order valence-corrected chi connectivity index (χ4v) is 5.80. The number of hydrogen-bond acceptors (Lipinski definition) is 7. The van der Waals surface area contributed by atoms with Crippen LogP contribution in [0.25, 0.3) is 11.6 Å². The number of fused-ring (bicyclic) bond motifs is 1. The summed E-state index contributed by atoms with van der Waals surface area (Å²) in [5.41, 5.74) is 6.30. The largest absolute Gasteiger partial charge is 0.497 e. The van der Waals surface area contributed by atoms with Crippen molar-refractivity contribution < 1.29 is 33.2 Å². The van der Waals surface area contributed by atoms with E-state index < -0.39 is 0 Å². The predicted molar refractivity (Wildman–Crippen MR) is 164 cm³/mol. The van der Waals surface area contributed by atoms with Gasteiger partial charge in [-0.15, -0.1) is 0 Å². The molecule has 1 aliphatic rings. The summed E-state index contributed by atoms with van der Waals surface area (Å²) in [6.07, 6.45) is 2.22. The van der Waals surface area contributed by atoms with E-state index in [1.165, 1.54) is 0 Å². The average Bonchev–Trinajstić information content (AvgIpc) is 3.37. The molecule has 4 aromatic carbocycles. The lowest BCUT2D eigenvalue weighted by molar-refractivity contribution is 0.354. The summed E-state index contributed by atoms with van der Waals surface area (Å²) in [5, 5.41) is 0. The molecule has 0 heterocycles. The van der Waals surface area contributed by atoms with Gasteiger partial charge in [0.05, 0.1) is 49.8 Å². The van der Waals surface area contributed by atoms with Crippen LogP contribution in [-0.2, 0) is 0 Å². The van der Waals surface area contributed by atoms with Gasteiger partial charge >= 0.3 is 0 Å². The first kappa shape index (κ1) is 28.7. The van der Waals surface area contributed by atoms with Crippen molar-refractivity contribution in [2.24, 2.45) is 0 Å². The summed E-state index contributed by atoms with van der Waals surface area (Å²) < 4.78 is 39.9. The first-order chi connectivity index (χ1) is 20.5. The molecule has 0 fully saturated rings. The molecule has 218 valence electrons. The maximum Gasteiger partial charge on any atom is 0.161 e. The lowest BCUT2D eigenvalue weighted by Gasteiger charge is -2.25. The molecule has 0 unspecified atom stereocenters. The molecular weight excluding hydrogens is 532 g/mol. The zero-order valence-corrected chi connectivity index (χ0v) is 25.0. The van der Waals surface area contributed by atoms with E-state index in [0.29, 0.717) is 28.7 Å². The molecule has 2 atom stereocenters. The molecule has 0 saturated heterocycles. The van der Waals surface area contributed by atoms with Crippen LogP contribution >= 0.6 is 0 Å². The molecule has 0 spiro atoms. The van der Waals surface area contributed by atoms with Crippen molar-refractivity contribution in [2.75, 3.05) is 49.8 Å². The van der Waals surface area contributed by atoms with Gasteiger partial charge in [-0.05, 0) is 70.3 Å². The lowest BCUT2D eigenvalue weighted by atomic mass is 9.79. The van der Waals surface area contributed by atoms with Gasteiger partial charge in [-0.1, -0.05) is 24.3 Å². The Morgan fingerprint density at radius 3 is 1.62 bits per heavy atom. The van der Waals surface area contributed by atoms with Crippen LogP contribution in [0.5, 0.6) is 40.2 Å². The van der Waals surface area contributed by atoms with E-state index in [-0.39, 0.29) is 11.8 Å². The second-order valence-electron chi connectivity index (χ2n) is 9.88. The topological polar surface area (TPSA) is 64.6 Å². The van der Waals surface area contributed by atoms with Crippen LogP contribution in [0, 0.1) is 0 Å². The summed E-state index contributed by atoms with van der Waals surface area (Å²) in [7, 11) is 11.6. The minimum Gasteiger partial charge on any atom is -0.497 e. The molecule has 42 heavy (non-hydrogen) atoms. The van der Waals surface area contributed by atoms with Crippen molar-refractivity contribution >= 4 is 11.6 Å². The second-order valence-corrected chi connectivity index (χ2v) is 9.88. The Morgan fingerprint density at radius 2 is 1.05 bits per heavy atom. The molecule has 7 heteroatoms. The van der Waals surface area contributed by atoms with Gasteiger partial charge in [0.2, 0.25) is 0 Å². The van der Waals surface area contributed by atoms with Gasteiger partial charge in [0.25, 0.3) is 0 Å². The smallest absolute Gasteiger partial charge is 0.161 e. The molecular formula is C35H36O7. The van der Waals surface area contributed by atoms with Crippen molar-refractivity contribution in [2.45, 2.75) is 11.8 Å². The molecule has 0 saturated carbocycles. The van der Waals surface area contributed by atoms with Gasteiger partial charge in [-0.2, -0.15) is 0 Å². The van der Waals surface area contributed by atoms with Crippen LogP contribution in [0.1, 0.15) is 39.7 Å². The van der Waals surface area contributed by atoms with Crippen molar-refractivity contribution in [3.63, 3.8) is 0 Å². The fraction of sp³-hybridized carbons (Fsp3) is 0.257. The molecule has 0 aromatic heterocycles. The van der Waals surface area contributed by atoms with E-state index in [0.717, 1.165) is 44.9 Å². The Hall–Kier alpha value is -4.78. The normalized spacial score (nSPS) is 16.5. The van der Waals surface area contributed by atoms with Gasteiger partial charge < -0.3 is 33.2 Å². The van der Waals surface area contributed by atoms with Gasteiger partial charge in [-0.25, -0.2) is 0 Å². The number of hydrogen-bond donors (Lipinski definition) is 0. The van der Waals surface area contributed by atoms with E-state index in [4.69, 9.17) is 33.2 Å². The average molecular weight is 569 g/mol. The highest BCUT2D eigenvalue weighted by molar-refractivity contribution is 5.93. The SMILES string of the molecule is COc1ccc(C=C2c3cc(OC)cc(OC)c3[C@@H](c3cc(OC)cc(OC)c3)[C@@H]2c2ccc(OC)c(OC)c2)cc1. The van der Waals surface area contributed by atoms with Crippen LogP contribution < -0.4 is 33.2 Å². The summed E-state index contributed by atoms with van der Waals surface area (Å²) in [6.45, 7) is 0. The molecule has 0 amide bonds. The molecule has 0 N–H and O–H groups in total. The molecule has 5 rings (SSSR count). The Labute approximate surface area is 247 Å². The first-order valence-electron chi connectivity index (χ1n) is 13.5. The third-order valence-electron chi connectivity index (χ3n) is 7.80. The zero-order chi connectivity index (χ0) is 29.8. The van der Waals surface area contributed by atoms with Gasteiger partial charge in [0, 0.05) is 29.5 Å². The Bertz CT molecular complexity index is 1570. The number of allylic oxidation sites excluding steroid dienone is 1. The Kier molecular flexibility index (Phi) is 8.48.